The molecule has 0 radical (unpaired) electrons. The van der Waals surface area contributed by atoms with Crippen LogP contribution in [-0.2, 0) is 22.6 Å². The minimum Gasteiger partial charge on any atom is -0.380 e. The Hall–Kier alpha value is -1.62. The van der Waals surface area contributed by atoms with Crippen LogP contribution in [0.25, 0.3) is 0 Å². The van der Waals surface area contributed by atoms with E-state index in [9.17, 15) is 4.79 Å². The zero-order valence-corrected chi connectivity index (χ0v) is 12.6. The van der Waals surface area contributed by atoms with Crippen LogP contribution in [0.2, 0.25) is 0 Å². The second-order valence-electron chi connectivity index (χ2n) is 5.73. The van der Waals surface area contributed by atoms with E-state index in [1.165, 1.54) is 0 Å². The number of allylic oxidation sites excluding steroid dienone is 1. The molecule has 3 rings (SSSR count). The van der Waals surface area contributed by atoms with Crippen LogP contribution < -0.4 is 0 Å². The Morgan fingerprint density at radius 1 is 1.52 bits per heavy atom. The number of aromatic nitrogens is 2. The number of nitrogens with zero attached hydrogens (tertiary/aromatic N) is 3. The van der Waals surface area contributed by atoms with Gasteiger partial charge in [-0.15, -0.1) is 0 Å². The van der Waals surface area contributed by atoms with Gasteiger partial charge >= 0.3 is 0 Å². The fraction of sp³-hybridized carbons (Fsp3) is 0.625. The lowest BCUT2D eigenvalue weighted by Crippen LogP contribution is -2.42. The molecular weight excluding hydrogens is 266 g/mol. The van der Waals surface area contributed by atoms with Crippen LogP contribution in [0.3, 0.4) is 0 Å². The number of rotatable bonds is 4. The summed E-state index contributed by atoms with van der Waals surface area (Å²) in [6.07, 6.45) is 9.79. The van der Waals surface area contributed by atoms with E-state index in [0.29, 0.717) is 19.8 Å². The van der Waals surface area contributed by atoms with Gasteiger partial charge in [0.1, 0.15) is 0 Å². The van der Waals surface area contributed by atoms with Crippen LogP contribution in [0.1, 0.15) is 38.3 Å². The van der Waals surface area contributed by atoms with Crippen molar-refractivity contribution in [2.24, 2.45) is 0 Å². The van der Waals surface area contributed by atoms with Crippen molar-refractivity contribution in [3.8, 4) is 0 Å². The van der Waals surface area contributed by atoms with E-state index in [4.69, 9.17) is 4.74 Å². The quantitative estimate of drug-likeness (QED) is 0.853. The lowest BCUT2D eigenvalue weighted by molar-refractivity contribution is -0.131. The lowest BCUT2D eigenvalue weighted by Gasteiger charge is -2.30. The maximum Gasteiger partial charge on any atom is 0.250 e. The Morgan fingerprint density at radius 2 is 2.43 bits per heavy atom. The van der Waals surface area contributed by atoms with Crippen molar-refractivity contribution in [2.45, 2.75) is 51.7 Å². The maximum absolute atomic E-state index is 12.8. The molecule has 0 saturated carbocycles. The molecule has 0 bridgehead atoms. The molecule has 1 aliphatic heterocycles. The first kappa shape index (κ1) is 14.3. The number of amides is 1. The lowest BCUT2D eigenvalue weighted by atomic mass is 10.1. The van der Waals surface area contributed by atoms with Crippen molar-refractivity contribution < 1.29 is 9.53 Å². The highest BCUT2D eigenvalue weighted by molar-refractivity contribution is 5.94. The molecule has 1 aliphatic carbocycles. The Balaban J connectivity index is 1.81. The molecule has 2 aliphatic rings. The van der Waals surface area contributed by atoms with Gasteiger partial charge in [0.2, 0.25) is 5.91 Å². The van der Waals surface area contributed by atoms with Crippen LogP contribution in [0, 0.1) is 0 Å². The minimum absolute atomic E-state index is 0.152. The molecule has 0 unspecified atom stereocenters. The van der Waals surface area contributed by atoms with Crippen molar-refractivity contribution in [3.63, 3.8) is 0 Å². The van der Waals surface area contributed by atoms with Gasteiger partial charge in [-0.25, -0.2) is 4.98 Å². The van der Waals surface area contributed by atoms with Gasteiger partial charge < -0.3 is 14.2 Å². The average Bonchev–Trinajstić information content (AvgIpc) is 3.14. The molecule has 1 atom stereocenters. The maximum atomic E-state index is 12.8. The number of aryl methyl sites for hydroxylation is 1. The van der Waals surface area contributed by atoms with Gasteiger partial charge in [-0.2, -0.15) is 0 Å². The molecule has 1 aromatic rings. The standard InChI is InChI=1S/C16H23N3O2/c1-2-21-11-14-7-8-18-12-17-9-15(18)10-19(14)16(20)13-5-3-4-6-13/h5,9,12,14H,2-4,6-8,10-11H2,1H3/t14-/m0/s1. The number of carbonyl (C=O) groups is 1. The monoisotopic (exact) mass is 289 g/mol. The van der Waals surface area contributed by atoms with E-state index >= 15 is 0 Å². The van der Waals surface area contributed by atoms with Crippen molar-refractivity contribution in [3.05, 3.63) is 29.9 Å². The van der Waals surface area contributed by atoms with E-state index in [1.807, 2.05) is 24.3 Å². The SMILES string of the molecule is CCOC[C@@H]1CCn2cncc2CN1C(=O)C1=CCCC1. The van der Waals surface area contributed by atoms with Crippen molar-refractivity contribution >= 4 is 5.91 Å². The molecule has 1 aromatic heterocycles. The molecule has 0 fully saturated rings. The minimum atomic E-state index is 0.152. The molecule has 0 aromatic carbocycles. The van der Waals surface area contributed by atoms with Gasteiger partial charge in [0.25, 0.3) is 0 Å². The smallest absolute Gasteiger partial charge is 0.250 e. The summed E-state index contributed by atoms with van der Waals surface area (Å²) in [7, 11) is 0. The molecule has 1 amide bonds. The van der Waals surface area contributed by atoms with Crippen LogP contribution >= 0.6 is 0 Å². The summed E-state index contributed by atoms with van der Waals surface area (Å²) in [5.41, 5.74) is 2.09. The Kier molecular flexibility index (Phi) is 4.39. The van der Waals surface area contributed by atoms with E-state index < -0.39 is 0 Å². The third kappa shape index (κ3) is 3.02. The molecule has 21 heavy (non-hydrogen) atoms. The summed E-state index contributed by atoms with van der Waals surface area (Å²) < 4.78 is 7.76. The number of imidazole rings is 1. The third-order valence-electron chi connectivity index (χ3n) is 4.37. The van der Waals surface area contributed by atoms with Crippen molar-refractivity contribution in [1.82, 2.24) is 14.5 Å². The predicted molar refractivity (Wildman–Crippen MR) is 79.6 cm³/mol. The van der Waals surface area contributed by atoms with E-state index in [0.717, 1.165) is 43.5 Å². The molecule has 0 spiro atoms. The number of ether oxygens (including phenoxy) is 1. The molecule has 0 saturated heterocycles. The first-order valence-electron chi connectivity index (χ1n) is 7.86. The number of fused-ring (bicyclic) bond motifs is 1. The van der Waals surface area contributed by atoms with Crippen molar-refractivity contribution in [2.75, 3.05) is 13.2 Å². The summed E-state index contributed by atoms with van der Waals surface area (Å²) in [5.74, 6) is 0.187. The van der Waals surface area contributed by atoms with E-state index in [2.05, 4.69) is 15.6 Å². The number of hydrogen-bond donors (Lipinski definition) is 0. The zero-order valence-electron chi connectivity index (χ0n) is 12.6. The van der Waals surface area contributed by atoms with E-state index in [1.54, 1.807) is 0 Å². The predicted octanol–water partition coefficient (Wildman–Crippen LogP) is 2.13. The first-order chi connectivity index (χ1) is 10.3. The highest BCUT2D eigenvalue weighted by atomic mass is 16.5. The van der Waals surface area contributed by atoms with Crippen LogP contribution in [0.5, 0.6) is 0 Å². The summed E-state index contributed by atoms with van der Waals surface area (Å²) in [4.78, 5) is 19.0. The summed E-state index contributed by atoms with van der Waals surface area (Å²) in [6.45, 7) is 4.84. The average molecular weight is 289 g/mol. The molecule has 114 valence electrons. The second-order valence-corrected chi connectivity index (χ2v) is 5.73. The van der Waals surface area contributed by atoms with Gasteiger partial charge in [-0.05, 0) is 32.6 Å². The molecule has 2 heterocycles. The second kappa shape index (κ2) is 6.43. The molecule has 0 N–H and O–H groups in total. The highest BCUT2D eigenvalue weighted by Gasteiger charge is 2.30. The number of carbonyl (C=O) groups excluding carboxylic acids is 1. The van der Waals surface area contributed by atoms with Gasteiger partial charge in [0, 0.05) is 24.9 Å². The summed E-state index contributed by atoms with van der Waals surface area (Å²) in [6, 6.07) is 0.152. The third-order valence-corrected chi connectivity index (χ3v) is 4.37. The molecule has 5 heteroatoms. The summed E-state index contributed by atoms with van der Waals surface area (Å²) >= 11 is 0. The van der Waals surface area contributed by atoms with Crippen LogP contribution in [0.4, 0.5) is 0 Å². The van der Waals surface area contributed by atoms with Crippen LogP contribution in [0.15, 0.2) is 24.2 Å². The van der Waals surface area contributed by atoms with Gasteiger partial charge in [-0.1, -0.05) is 6.08 Å². The fourth-order valence-electron chi connectivity index (χ4n) is 3.14. The molecule has 5 nitrogen and oxygen atoms in total. The van der Waals surface area contributed by atoms with E-state index in [-0.39, 0.29) is 11.9 Å². The Morgan fingerprint density at radius 3 is 3.19 bits per heavy atom. The largest absolute Gasteiger partial charge is 0.380 e. The zero-order chi connectivity index (χ0) is 14.7. The summed E-state index contributed by atoms with van der Waals surface area (Å²) in [5, 5.41) is 0. The highest BCUT2D eigenvalue weighted by Crippen LogP contribution is 2.25. The normalized spacial score (nSPS) is 21.9. The van der Waals surface area contributed by atoms with Crippen molar-refractivity contribution in [1.29, 1.82) is 0 Å². The Bertz CT molecular complexity index is 535. The number of hydrogen-bond acceptors (Lipinski definition) is 3. The molecular formula is C16H23N3O2. The van der Waals surface area contributed by atoms with Crippen LogP contribution in [-0.4, -0.2) is 39.6 Å². The Labute approximate surface area is 125 Å². The van der Waals surface area contributed by atoms with Gasteiger partial charge in [0.15, 0.2) is 0 Å². The topological polar surface area (TPSA) is 47.4 Å². The van der Waals surface area contributed by atoms with Gasteiger partial charge in [0.05, 0.1) is 31.2 Å². The fourth-order valence-corrected chi connectivity index (χ4v) is 3.14. The first-order valence-corrected chi connectivity index (χ1v) is 7.86. The van der Waals surface area contributed by atoms with Gasteiger partial charge in [-0.3, -0.25) is 4.79 Å².